The van der Waals surface area contributed by atoms with Crippen LogP contribution in [0.2, 0.25) is 5.02 Å². The Bertz CT molecular complexity index is 499. The molecule has 0 saturated carbocycles. The molecule has 0 aliphatic rings. The van der Waals surface area contributed by atoms with Gasteiger partial charge in [0, 0.05) is 10.7 Å². The van der Waals surface area contributed by atoms with E-state index in [0.29, 0.717) is 10.7 Å². The quantitative estimate of drug-likeness (QED) is 0.830. The van der Waals surface area contributed by atoms with Crippen LogP contribution in [0.3, 0.4) is 0 Å². The number of nitrogen functional groups attached to an aromatic ring is 1. The maximum absolute atomic E-state index is 5.79. The van der Waals surface area contributed by atoms with Gasteiger partial charge >= 0.3 is 0 Å². The standard InChI is InChI=1S/C12H9BrClNO/c13-11-7-9(15)3-6-12(11)16-10-4-1-8(14)2-5-10/h1-7H,15H2. The van der Waals surface area contributed by atoms with Gasteiger partial charge in [0.2, 0.25) is 0 Å². The summed E-state index contributed by atoms with van der Waals surface area (Å²) in [4.78, 5) is 0. The lowest BCUT2D eigenvalue weighted by Crippen LogP contribution is -1.88. The van der Waals surface area contributed by atoms with Crippen molar-refractivity contribution in [1.29, 1.82) is 0 Å². The van der Waals surface area contributed by atoms with Crippen molar-refractivity contribution in [2.45, 2.75) is 0 Å². The predicted molar refractivity (Wildman–Crippen MR) is 70.1 cm³/mol. The summed E-state index contributed by atoms with van der Waals surface area (Å²) in [6.45, 7) is 0. The maximum Gasteiger partial charge on any atom is 0.141 e. The molecule has 0 aliphatic heterocycles. The number of benzene rings is 2. The zero-order valence-corrected chi connectivity index (χ0v) is 10.6. The minimum atomic E-state index is 0.684. The van der Waals surface area contributed by atoms with E-state index in [0.717, 1.165) is 16.0 Å². The lowest BCUT2D eigenvalue weighted by molar-refractivity contribution is 0.480. The Morgan fingerprint density at radius 1 is 1.06 bits per heavy atom. The second-order valence-electron chi connectivity index (χ2n) is 3.25. The first-order valence-electron chi connectivity index (χ1n) is 4.63. The molecule has 0 fully saturated rings. The molecule has 0 unspecified atom stereocenters. The van der Waals surface area contributed by atoms with Crippen molar-refractivity contribution in [3.8, 4) is 11.5 Å². The highest BCUT2D eigenvalue weighted by atomic mass is 79.9. The Morgan fingerprint density at radius 2 is 1.75 bits per heavy atom. The third-order valence-electron chi connectivity index (χ3n) is 2.00. The van der Waals surface area contributed by atoms with Crippen molar-refractivity contribution >= 4 is 33.2 Å². The highest BCUT2D eigenvalue weighted by Gasteiger charge is 2.02. The number of ether oxygens (including phenoxy) is 1. The molecule has 2 aromatic carbocycles. The Hall–Kier alpha value is -1.19. The van der Waals surface area contributed by atoms with Gasteiger partial charge in [0.1, 0.15) is 11.5 Å². The summed E-state index contributed by atoms with van der Waals surface area (Å²) in [5.74, 6) is 1.45. The van der Waals surface area contributed by atoms with Crippen LogP contribution in [0.25, 0.3) is 0 Å². The topological polar surface area (TPSA) is 35.2 Å². The monoisotopic (exact) mass is 297 g/mol. The van der Waals surface area contributed by atoms with Crippen LogP contribution in [0.1, 0.15) is 0 Å². The van der Waals surface area contributed by atoms with Crippen molar-refractivity contribution in [3.05, 3.63) is 52.0 Å². The first kappa shape index (κ1) is 11.3. The van der Waals surface area contributed by atoms with Gasteiger partial charge in [-0.3, -0.25) is 0 Å². The Kier molecular flexibility index (Phi) is 3.36. The van der Waals surface area contributed by atoms with Gasteiger partial charge in [0.05, 0.1) is 4.47 Å². The van der Waals surface area contributed by atoms with Crippen LogP contribution in [0.15, 0.2) is 46.9 Å². The highest BCUT2D eigenvalue weighted by Crippen LogP contribution is 2.31. The molecule has 0 aromatic heterocycles. The zero-order valence-electron chi connectivity index (χ0n) is 8.28. The molecular weight excluding hydrogens is 289 g/mol. The molecule has 2 rings (SSSR count). The second kappa shape index (κ2) is 4.76. The molecule has 2 nitrogen and oxygen atoms in total. The van der Waals surface area contributed by atoms with Gasteiger partial charge in [0.25, 0.3) is 0 Å². The fraction of sp³-hybridized carbons (Fsp3) is 0. The average Bonchev–Trinajstić information content (AvgIpc) is 2.25. The molecule has 16 heavy (non-hydrogen) atoms. The van der Waals surface area contributed by atoms with Crippen LogP contribution in [0.5, 0.6) is 11.5 Å². The Balaban J connectivity index is 2.23. The summed E-state index contributed by atoms with van der Waals surface area (Å²) < 4.78 is 6.48. The van der Waals surface area contributed by atoms with Crippen molar-refractivity contribution in [2.24, 2.45) is 0 Å². The van der Waals surface area contributed by atoms with Crippen molar-refractivity contribution in [1.82, 2.24) is 0 Å². The third kappa shape index (κ3) is 2.68. The van der Waals surface area contributed by atoms with Crippen LogP contribution in [-0.2, 0) is 0 Å². The fourth-order valence-electron chi connectivity index (χ4n) is 1.23. The Labute approximate surface area is 107 Å². The molecule has 2 aromatic rings. The molecule has 0 atom stereocenters. The minimum absolute atomic E-state index is 0.684. The van der Waals surface area contributed by atoms with Gasteiger partial charge in [0.15, 0.2) is 0 Å². The molecule has 2 N–H and O–H groups in total. The van der Waals surface area contributed by atoms with Gasteiger partial charge in [-0.25, -0.2) is 0 Å². The molecular formula is C12H9BrClNO. The zero-order chi connectivity index (χ0) is 11.5. The number of hydrogen-bond acceptors (Lipinski definition) is 2. The molecule has 0 spiro atoms. The highest BCUT2D eigenvalue weighted by molar-refractivity contribution is 9.10. The van der Waals surface area contributed by atoms with Gasteiger partial charge in [-0.1, -0.05) is 11.6 Å². The van der Waals surface area contributed by atoms with Crippen molar-refractivity contribution < 1.29 is 4.74 Å². The van der Waals surface area contributed by atoms with Crippen LogP contribution in [-0.4, -0.2) is 0 Å². The molecule has 0 saturated heterocycles. The van der Waals surface area contributed by atoms with Crippen LogP contribution >= 0.6 is 27.5 Å². The Morgan fingerprint density at radius 3 is 2.38 bits per heavy atom. The molecule has 82 valence electrons. The van der Waals surface area contributed by atoms with Crippen molar-refractivity contribution in [2.75, 3.05) is 5.73 Å². The van der Waals surface area contributed by atoms with E-state index in [1.807, 2.05) is 18.2 Å². The largest absolute Gasteiger partial charge is 0.456 e. The molecule has 4 heteroatoms. The number of halogens is 2. The van der Waals surface area contributed by atoms with E-state index in [9.17, 15) is 0 Å². The maximum atomic E-state index is 5.79. The van der Waals surface area contributed by atoms with E-state index in [1.54, 1.807) is 24.3 Å². The van der Waals surface area contributed by atoms with E-state index in [2.05, 4.69) is 15.9 Å². The first-order valence-corrected chi connectivity index (χ1v) is 5.81. The van der Waals surface area contributed by atoms with Crippen LogP contribution < -0.4 is 10.5 Å². The summed E-state index contributed by atoms with van der Waals surface area (Å²) in [6, 6.07) is 12.6. The summed E-state index contributed by atoms with van der Waals surface area (Å²) in [5.41, 5.74) is 6.33. The number of hydrogen-bond donors (Lipinski definition) is 1. The number of rotatable bonds is 2. The molecule has 0 amide bonds. The van der Waals surface area contributed by atoms with E-state index < -0.39 is 0 Å². The summed E-state index contributed by atoms with van der Waals surface area (Å²) in [6.07, 6.45) is 0. The van der Waals surface area contributed by atoms with E-state index in [4.69, 9.17) is 22.1 Å². The molecule has 0 bridgehead atoms. The number of nitrogens with two attached hydrogens (primary N) is 1. The van der Waals surface area contributed by atoms with E-state index in [-0.39, 0.29) is 0 Å². The summed E-state index contributed by atoms with van der Waals surface area (Å²) in [5, 5.41) is 0.684. The summed E-state index contributed by atoms with van der Waals surface area (Å²) >= 11 is 9.17. The van der Waals surface area contributed by atoms with Crippen LogP contribution in [0.4, 0.5) is 5.69 Å². The van der Waals surface area contributed by atoms with E-state index >= 15 is 0 Å². The van der Waals surface area contributed by atoms with Gasteiger partial charge in [-0.15, -0.1) is 0 Å². The lowest BCUT2D eigenvalue weighted by Gasteiger charge is -2.08. The SMILES string of the molecule is Nc1ccc(Oc2ccc(Cl)cc2)c(Br)c1. The molecule has 0 aliphatic carbocycles. The normalized spacial score (nSPS) is 10.1. The average molecular weight is 299 g/mol. The lowest BCUT2D eigenvalue weighted by atomic mass is 10.3. The molecule has 0 heterocycles. The van der Waals surface area contributed by atoms with E-state index in [1.165, 1.54) is 0 Å². The summed E-state index contributed by atoms with van der Waals surface area (Å²) in [7, 11) is 0. The minimum Gasteiger partial charge on any atom is -0.456 e. The predicted octanol–water partition coefficient (Wildman–Crippen LogP) is 4.48. The van der Waals surface area contributed by atoms with Gasteiger partial charge in [-0.2, -0.15) is 0 Å². The first-order chi connectivity index (χ1) is 7.65. The number of anilines is 1. The van der Waals surface area contributed by atoms with Gasteiger partial charge < -0.3 is 10.5 Å². The fourth-order valence-corrected chi connectivity index (χ4v) is 1.83. The van der Waals surface area contributed by atoms with Crippen LogP contribution in [0, 0.1) is 0 Å². The molecule has 0 radical (unpaired) electrons. The second-order valence-corrected chi connectivity index (χ2v) is 4.54. The third-order valence-corrected chi connectivity index (χ3v) is 2.87. The van der Waals surface area contributed by atoms with Gasteiger partial charge in [-0.05, 0) is 58.4 Å². The smallest absolute Gasteiger partial charge is 0.141 e. The van der Waals surface area contributed by atoms with Crippen molar-refractivity contribution in [3.63, 3.8) is 0 Å².